The average molecular weight is 445 g/mol. The molecule has 0 aliphatic carbocycles. The largest absolute Gasteiger partial charge is 0.350 e. The summed E-state index contributed by atoms with van der Waals surface area (Å²) in [6.07, 6.45) is 0.818. The van der Waals surface area contributed by atoms with Crippen molar-refractivity contribution in [1.82, 2.24) is 10.2 Å². The number of nitrogens with one attached hydrogen (secondary N) is 1. The smallest absolute Gasteiger partial charge is 0.243 e. The molecule has 2 amide bonds. The standard InChI is InChI=1S/C25H33FN2O2S/c1-6-22(24(30)27-25(3,4)5)28(17-19-9-11-20(26)12-10-19)23(29)15-16-31-21-13-7-18(2)8-14-21/h7-14,22H,6,15-17H2,1-5H3,(H,27,30)/t22-/m0/s1. The molecule has 0 bridgehead atoms. The minimum absolute atomic E-state index is 0.0835. The van der Waals surface area contributed by atoms with Gasteiger partial charge in [-0.05, 0) is 63.9 Å². The predicted molar refractivity (Wildman–Crippen MR) is 125 cm³/mol. The van der Waals surface area contributed by atoms with E-state index < -0.39 is 11.6 Å². The molecule has 31 heavy (non-hydrogen) atoms. The minimum atomic E-state index is -0.582. The third kappa shape index (κ3) is 8.37. The van der Waals surface area contributed by atoms with Crippen LogP contribution >= 0.6 is 11.8 Å². The molecule has 0 saturated heterocycles. The zero-order valence-electron chi connectivity index (χ0n) is 19.1. The van der Waals surface area contributed by atoms with E-state index in [1.165, 1.54) is 17.7 Å². The van der Waals surface area contributed by atoms with Crippen LogP contribution < -0.4 is 5.32 Å². The van der Waals surface area contributed by atoms with E-state index in [1.807, 2.05) is 46.8 Å². The molecule has 1 atom stereocenters. The third-order valence-corrected chi connectivity index (χ3v) is 5.77. The second-order valence-corrected chi connectivity index (χ2v) is 9.89. The maximum atomic E-state index is 13.3. The number of halogens is 1. The SMILES string of the molecule is CC[C@@H](C(=O)NC(C)(C)C)N(Cc1ccc(F)cc1)C(=O)CCSc1ccc(C)cc1. The highest BCUT2D eigenvalue weighted by atomic mass is 32.2. The number of hydrogen-bond acceptors (Lipinski definition) is 3. The Kier molecular flexibility index (Phi) is 9.11. The van der Waals surface area contributed by atoms with Gasteiger partial charge in [0.2, 0.25) is 11.8 Å². The number of benzene rings is 2. The fourth-order valence-electron chi connectivity index (χ4n) is 3.19. The fourth-order valence-corrected chi connectivity index (χ4v) is 4.03. The molecule has 0 aliphatic heterocycles. The van der Waals surface area contributed by atoms with Gasteiger partial charge in [-0.2, -0.15) is 0 Å². The summed E-state index contributed by atoms with van der Waals surface area (Å²) in [5.41, 5.74) is 1.60. The molecule has 6 heteroatoms. The van der Waals surface area contributed by atoms with E-state index in [1.54, 1.807) is 28.8 Å². The first-order valence-electron chi connectivity index (χ1n) is 10.6. The number of thioether (sulfide) groups is 1. The van der Waals surface area contributed by atoms with Gasteiger partial charge in [0.15, 0.2) is 0 Å². The number of carbonyl (C=O) groups is 2. The van der Waals surface area contributed by atoms with Crippen LogP contribution in [-0.4, -0.2) is 34.0 Å². The average Bonchev–Trinajstić information content (AvgIpc) is 2.69. The van der Waals surface area contributed by atoms with Gasteiger partial charge in [-0.3, -0.25) is 9.59 Å². The maximum absolute atomic E-state index is 13.3. The number of amides is 2. The molecule has 0 fully saturated rings. The molecule has 0 aliphatic rings. The van der Waals surface area contributed by atoms with Crippen LogP contribution in [0.25, 0.3) is 0 Å². The Morgan fingerprint density at radius 2 is 1.68 bits per heavy atom. The number of hydrogen-bond donors (Lipinski definition) is 1. The fraction of sp³-hybridized carbons (Fsp3) is 0.440. The van der Waals surface area contributed by atoms with Crippen molar-refractivity contribution >= 4 is 23.6 Å². The van der Waals surface area contributed by atoms with Gasteiger partial charge in [0.05, 0.1) is 0 Å². The second-order valence-electron chi connectivity index (χ2n) is 8.72. The predicted octanol–water partition coefficient (Wildman–Crippen LogP) is 5.34. The maximum Gasteiger partial charge on any atom is 0.243 e. The summed E-state index contributed by atoms with van der Waals surface area (Å²) in [4.78, 5) is 28.9. The first kappa shape index (κ1) is 24.9. The first-order valence-corrected chi connectivity index (χ1v) is 11.6. The van der Waals surface area contributed by atoms with Crippen molar-refractivity contribution in [3.63, 3.8) is 0 Å². The number of rotatable bonds is 9. The Morgan fingerprint density at radius 1 is 1.06 bits per heavy atom. The van der Waals surface area contributed by atoms with Gasteiger partial charge in [-0.15, -0.1) is 11.8 Å². The number of carbonyl (C=O) groups excluding carboxylic acids is 2. The van der Waals surface area contributed by atoms with E-state index in [4.69, 9.17) is 0 Å². The Bertz CT molecular complexity index is 861. The molecular weight excluding hydrogens is 411 g/mol. The molecule has 0 spiro atoms. The molecule has 0 unspecified atom stereocenters. The third-order valence-electron chi connectivity index (χ3n) is 4.76. The van der Waals surface area contributed by atoms with Gasteiger partial charge in [0, 0.05) is 29.2 Å². The molecule has 0 heterocycles. The molecule has 0 radical (unpaired) electrons. The molecule has 1 N–H and O–H groups in total. The highest BCUT2D eigenvalue weighted by molar-refractivity contribution is 7.99. The molecule has 2 aromatic carbocycles. The molecule has 2 aromatic rings. The monoisotopic (exact) mass is 444 g/mol. The van der Waals surface area contributed by atoms with Crippen LogP contribution in [0.15, 0.2) is 53.4 Å². The molecular formula is C25H33FN2O2S. The van der Waals surface area contributed by atoms with Gasteiger partial charge in [-0.25, -0.2) is 4.39 Å². The highest BCUT2D eigenvalue weighted by Crippen LogP contribution is 2.21. The lowest BCUT2D eigenvalue weighted by molar-refractivity contribution is -0.141. The van der Waals surface area contributed by atoms with Crippen LogP contribution in [0, 0.1) is 12.7 Å². The van der Waals surface area contributed by atoms with Crippen molar-refractivity contribution in [2.24, 2.45) is 0 Å². The number of aryl methyl sites for hydroxylation is 1. The summed E-state index contributed by atoms with van der Waals surface area (Å²) in [6, 6.07) is 13.7. The molecule has 0 aromatic heterocycles. The van der Waals surface area contributed by atoms with Crippen molar-refractivity contribution in [2.75, 3.05) is 5.75 Å². The summed E-state index contributed by atoms with van der Waals surface area (Å²) >= 11 is 1.62. The van der Waals surface area contributed by atoms with E-state index in [-0.39, 0.29) is 24.2 Å². The molecule has 168 valence electrons. The summed E-state index contributed by atoms with van der Waals surface area (Å²) in [5, 5.41) is 2.99. The van der Waals surface area contributed by atoms with Crippen LogP contribution in [0.3, 0.4) is 0 Å². The van der Waals surface area contributed by atoms with E-state index in [9.17, 15) is 14.0 Å². The molecule has 0 saturated carbocycles. The molecule has 2 rings (SSSR count). The van der Waals surface area contributed by atoms with Crippen molar-refractivity contribution in [2.45, 2.75) is 70.5 Å². The van der Waals surface area contributed by atoms with E-state index in [0.717, 1.165) is 10.5 Å². The van der Waals surface area contributed by atoms with E-state index in [0.29, 0.717) is 18.6 Å². The normalized spacial score (nSPS) is 12.3. The zero-order chi connectivity index (χ0) is 23.0. The van der Waals surface area contributed by atoms with Crippen LogP contribution in [-0.2, 0) is 16.1 Å². The quantitative estimate of drug-likeness (QED) is 0.531. The van der Waals surface area contributed by atoms with Crippen LogP contribution in [0.2, 0.25) is 0 Å². The van der Waals surface area contributed by atoms with Gasteiger partial charge in [0.25, 0.3) is 0 Å². The van der Waals surface area contributed by atoms with Gasteiger partial charge >= 0.3 is 0 Å². The Hall–Kier alpha value is -2.34. The van der Waals surface area contributed by atoms with Crippen LogP contribution in [0.5, 0.6) is 0 Å². The Labute approximate surface area is 189 Å². The van der Waals surface area contributed by atoms with Crippen molar-refractivity contribution in [3.05, 3.63) is 65.5 Å². The van der Waals surface area contributed by atoms with Crippen LogP contribution in [0.1, 0.15) is 51.7 Å². The van der Waals surface area contributed by atoms with Crippen molar-refractivity contribution < 1.29 is 14.0 Å². The topological polar surface area (TPSA) is 49.4 Å². The van der Waals surface area contributed by atoms with Crippen LogP contribution in [0.4, 0.5) is 4.39 Å². The number of nitrogens with zero attached hydrogens (tertiary/aromatic N) is 1. The van der Waals surface area contributed by atoms with Gasteiger partial charge in [-0.1, -0.05) is 36.8 Å². The van der Waals surface area contributed by atoms with E-state index >= 15 is 0 Å². The Morgan fingerprint density at radius 3 is 2.23 bits per heavy atom. The lowest BCUT2D eigenvalue weighted by Crippen LogP contribution is -2.53. The Balaban J connectivity index is 2.14. The van der Waals surface area contributed by atoms with Gasteiger partial charge in [0.1, 0.15) is 11.9 Å². The summed E-state index contributed by atoms with van der Waals surface area (Å²) in [7, 11) is 0. The summed E-state index contributed by atoms with van der Waals surface area (Å²) in [6.45, 7) is 9.97. The first-order chi connectivity index (χ1) is 14.6. The minimum Gasteiger partial charge on any atom is -0.350 e. The van der Waals surface area contributed by atoms with Gasteiger partial charge < -0.3 is 10.2 Å². The lowest BCUT2D eigenvalue weighted by Gasteiger charge is -2.33. The highest BCUT2D eigenvalue weighted by Gasteiger charge is 2.30. The van der Waals surface area contributed by atoms with Crippen molar-refractivity contribution in [3.8, 4) is 0 Å². The summed E-state index contributed by atoms with van der Waals surface area (Å²) in [5.74, 6) is 0.0456. The summed E-state index contributed by atoms with van der Waals surface area (Å²) < 4.78 is 13.3. The molecule has 4 nitrogen and oxygen atoms in total. The second kappa shape index (κ2) is 11.3. The van der Waals surface area contributed by atoms with E-state index in [2.05, 4.69) is 17.4 Å². The zero-order valence-corrected chi connectivity index (χ0v) is 19.9. The lowest BCUT2D eigenvalue weighted by atomic mass is 10.1. The van der Waals surface area contributed by atoms with Crippen molar-refractivity contribution in [1.29, 1.82) is 0 Å².